The summed E-state index contributed by atoms with van der Waals surface area (Å²) in [5.41, 5.74) is 9.08. The monoisotopic (exact) mass is 823 g/mol. The van der Waals surface area contributed by atoms with E-state index < -0.39 is 0 Å². The molecule has 5 heteroatoms. The second kappa shape index (κ2) is 14.7. The number of aliphatic hydroxyl groups is 1. The van der Waals surface area contributed by atoms with E-state index in [9.17, 15) is 9.90 Å². The van der Waals surface area contributed by atoms with E-state index in [2.05, 4.69) is 77.9 Å². The Morgan fingerprint density at radius 1 is 0.979 bits per heavy atom. The minimum absolute atomic E-state index is 0. The Balaban J connectivity index is 0.000000279. The molecule has 2 aromatic heterocycles. The molecular weight excluding hydrogens is 771 g/mol. The van der Waals surface area contributed by atoms with Crippen molar-refractivity contribution in [2.75, 3.05) is 0 Å². The van der Waals surface area contributed by atoms with Gasteiger partial charge in [-0.2, -0.15) is 0 Å². The maximum absolute atomic E-state index is 11.7. The van der Waals surface area contributed by atoms with Crippen LogP contribution in [0.3, 0.4) is 0 Å². The van der Waals surface area contributed by atoms with Crippen molar-refractivity contribution in [3.05, 3.63) is 88.8 Å². The summed E-state index contributed by atoms with van der Waals surface area (Å²) < 4.78 is 6.55. The van der Waals surface area contributed by atoms with Crippen LogP contribution in [-0.4, -0.2) is 15.9 Å². The molecule has 1 aliphatic rings. The van der Waals surface area contributed by atoms with Gasteiger partial charge in [-0.15, -0.1) is 17.7 Å². The van der Waals surface area contributed by atoms with E-state index in [1.807, 2.05) is 46.0 Å². The van der Waals surface area contributed by atoms with E-state index in [-0.39, 0.29) is 54.3 Å². The fourth-order valence-corrected chi connectivity index (χ4v) is 7.39. The average Bonchev–Trinajstić information content (AvgIpc) is 3.38. The second-order valence-electron chi connectivity index (χ2n) is 15.1. The normalized spacial score (nSPS) is 13.9. The molecule has 2 heterocycles. The first-order valence-corrected chi connectivity index (χ1v) is 17.5. The molecule has 0 amide bonds. The summed E-state index contributed by atoms with van der Waals surface area (Å²) in [4.78, 5) is 16.7. The minimum atomic E-state index is -0.238. The van der Waals surface area contributed by atoms with Crippen molar-refractivity contribution < 1.29 is 34.4 Å². The molecule has 0 aliphatic heterocycles. The number of carbonyl (C=O) groups excluding carboxylic acids is 1. The Kier molecular flexibility index (Phi) is 11.5. The van der Waals surface area contributed by atoms with Crippen LogP contribution in [0, 0.1) is 30.2 Å². The quantitative estimate of drug-likeness (QED) is 0.0962. The molecule has 48 heavy (non-hydrogen) atoms. The molecule has 0 spiro atoms. The third-order valence-electron chi connectivity index (χ3n) is 10.0. The molecule has 0 saturated heterocycles. The van der Waals surface area contributed by atoms with E-state index in [0.29, 0.717) is 0 Å². The van der Waals surface area contributed by atoms with E-state index in [1.165, 1.54) is 44.5 Å². The molecule has 4 nitrogen and oxygen atoms in total. The largest absolute Gasteiger partial charge is 0.512 e. The fraction of sp³-hybridized carbons (Fsp3) is 0.442. The van der Waals surface area contributed by atoms with Crippen LogP contribution in [0.25, 0.3) is 44.0 Å². The fourth-order valence-electron chi connectivity index (χ4n) is 7.39. The van der Waals surface area contributed by atoms with Gasteiger partial charge in [0.05, 0.1) is 11.3 Å². The summed E-state index contributed by atoms with van der Waals surface area (Å²) in [5, 5.41) is 14.6. The van der Waals surface area contributed by atoms with Crippen molar-refractivity contribution in [1.29, 1.82) is 0 Å². The van der Waals surface area contributed by atoms with Gasteiger partial charge in [0.25, 0.3) is 0 Å². The number of ketones is 1. The summed E-state index contributed by atoms with van der Waals surface area (Å²) in [5.74, 6) is 0.547. The van der Waals surface area contributed by atoms with E-state index in [1.54, 1.807) is 0 Å². The third-order valence-corrected chi connectivity index (χ3v) is 10.0. The first kappa shape index (κ1) is 37.5. The van der Waals surface area contributed by atoms with Crippen molar-refractivity contribution in [3.63, 3.8) is 0 Å². The summed E-state index contributed by atoms with van der Waals surface area (Å²) in [6, 6.07) is 18.8. The Bertz CT molecular complexity index is 1970. The van der Waals surface area contributed by atoms with Crippen LogP contribution in [-0.2, 0) is 36.7 Å². The van der Waals surface area contributed by atoms with E-state index >= 15 is 0 Å². The Morgan fingerprint density at radius 3 is 2.27 bits per heavy atom. The molecule has 0 saturated carbocycles. The molecule has 257 valence electrons. The Morgan fingerprint density at radius 2 is 1.65 bits per heavy atom. The van der Waals surface area contributed by atoms with Crippen molar-refractivity contribution in [2.24, 2.45) is 17.3 Å². The number of hydrogen-bond donors (Lipinski definition) is 1. The van der Waals surface area contributed by atoms with Crippen molar-refractivity contribution in [3.8, 4) is 11.3 Å². The zero-order chi connectivity index (χ0) is 34.3. The van der Waals surface area contributed by atoms with Crippen molar-refractivity contribution >= 4 is 38.5 Å². The van der Waals surface area contributed by atoms with Gasteiger partial charge in [-0.25, -0.2) is 0 Å². The molecule has 1 aliphatic carbocycles. The van der Waals surface area contributed by atoms with Gasteiger partial charge in [0.1, 0.15) is 5.58 Å². The standard InChI is InChI=1S/C30H28NO.C13H24O2.Ir/c1-17-10-11-19-16-31-27-20-8-7-9-23-24(20)25-22(30(5,6)26(27)21(19)14-17)13-12-18(28(25)32-23)15-29(2,3)4;1-5-10(6-2)12(14)9-13(15)11(7-3)8-4;/h7,9-14,16H,15H2,1-6H3;9-11,14H,5-8H2,1-4H3;/q-1;;/b;12-9-;. The van der Waals surface area contributed by atoms with Crippen LogP contribution < -0.4 is 0 Å². The van der Waals surface area contributed by atoms with Crippen molar-refractivity contribution in [2.45, 2.75) is 107 Å². The van der Waals surface area contributed by atoms with E-state index in [4.69, 9.17) is 9.40 Å². The SMILES string of the molecule is CCC(CC)C(=O)/C=C(\O)C(CC)CC.Cc1ccc2cnc3c(c2c1)C(C)(C)c1ccc(CC(C)(C)C)c2oc4cc[c-]c-3c4c12.[Ir]. The predicted molar refractivity (Wildman–Crippen MR) is 197 cm³/mol. The minimum Gasteiger partial charge on any atom is -0.512 e. The number of benzene rings is 3. The third kappa shape index (κ3) is 7.05. The first-order chi connectivity index (χ1) is 22.2. The molecular formula is C43H52IrNO3-. The molecule has 1 N–H and O–H groups in total. The van der Waals surface area contributed by atoms with Gasteiger partial charge < -0.3 is 14.5 Å². The van der Waals surface area contributed by atoms with E-state index in [0.717, 1.165) is 59.9 Å². The van der Waals surface area contributed by atoms with Crippen LogP contribution >= 0.6 is 0 Å². The Labute approximate surface area is 300 Å². The molecule has 0 bridgehead atoms. The molecule has 3 aromatic carbocycles. The molecule has 0 atom stereocenters. The number of hydrogen-bond acceptors (Lipinski definition) is 4. The maximum Gasteiger partial charge on any atom is 0.162 e. The number of furan rings is 1. The van der Waals surface area contributed by atoms with Gasteiger partial charge in [0, 0.05) is 49.6 Å². The molecule has 0 unspecified atom stereocenters. The smallest absolute Gasteiger partial charge is 0.162 e. The average molecular weight is 823 g/mol. The molecule has 0 fully saturated rings. The number of rotatable bonds is 8. The zero-order valence-electron chi connectivity index (χ0n) is 30.4. The maximum atomic E-state index is 11.7. The number of fused-ring (bicyclic) bond motifs is 4. The molecule has 5 aromatic rings. The van der Waals surface area contributed by atoms with Crippen LogP contribution in [0.4, 0.5) is 0 Å². The number of pyridine rings is 1. The zero-order valence-corrected chi connectivity index (χ0v) is 32.8. The van der Waals surface area contributed by atoms with Gasteiger partial charge in [0.2, 0.25) is 0 Å². The first-order valence-electron chi connectivity index (χ1n) is 17.5. The van der Waals surface area contributed by atoms with Crippen LogP contribution in [0.5, 0.6) is 0 Å². The molecule has 1 radical (unpaired) electrons. The summed E-state index contributed by atoms with van der Waals surface area (Å²) in [6.45, 7) is 21.7. The van der Waals surface area contributed by atoms with Crippen molar-refractivity contribution in [1.82, 2.24) is 4.98 Å². The van der Waals surface area contributed by atoms with Gasteiger partial charge in [-0.1, -0.05) is 110 Å². The van der Waals surface area contributed by atoms with Crippen LogP contribution in [0.1, 0.15) is 110 Å². The number of aromatic nitrogens is 1. The Hall–Kier alpha value is -3.27. The van der Waals surface area contributed by atoms with Gasteiger partial charge in [-0.3, -0.25) is 4.79 Å². The summed E-state index contributed by atoms with van der Waals surface area (Å²) in [6.07, 6.45) is 7.88. The second-order valence-corrected chi connectivity index (χ2v) is 15.1. The van der Waals surface area contributed by atoms with Gasteiger partial charge in [-0.05, 0) is 83.0 Å². The summed E-state index contributed by atoms with van der Waals surface area (Å²) in [7, 11) is 0. The number of nitrogens with zero attached hydrogens (tertiary/aromatic N) is 1. The van der Waals surface area contributed by atoms with Crippen LogP contribution in [0.2, 0.25) is 0 Å². The summed E-state index contributed by atoms with van der Waals surface area (Å²) >= 11 is 0. The number of allylic oxidation sites excluding steroid dienone is 2. The topological polar surface area (TPSA) is 63.3 Å². The number of carbonyl (C=O) groups is 1. The number of aliphatic hydroxyl groups excluding tert-OH is 1. The number of aryl methyl sites for hydroxylation is 1. The van der Waals surface area contributed by atoms with Gasteiger partial charge >= 0.3 is 0 Å². The van der Waals surface area contributed by atoms with Crippen LogP contribution in [0.15, 0.2) is 64.9 Å². The predicted octanol–water partition coefficient (Wildman–Crippen LogP) is 12.0. The van der Waals surface area contributed by atoms with Gasteiger partial charge in [0.15, 0.2) is 5.78 Å². The molecule has 6 rings (SSSR count).